The van der Waals surface area contributed by atoms with Crippen molar-refractivity contribution in [2.75, 3.05) is 37.7 Å². The van der Waals surface area contributed by atoms with Crippen LogP contribution in [0.4, 0.5) is 32.0 Å². The van der Waals surface area contributed by atoms with Crippen LogP contribution in [0.15, 0.2) is 18.2 Å². The van der Waals surface area contributed by atoms with Crippen molar-refractivity contribution in [3.63, 3.8) is 0 Å². The lowest BCUT2D eigenvalue weighted by Gasteiger charge is -2.34. The molecular weight excluding hydrogens is 552 g/mol. The SMILES string of the molecule is C[C@@]12CC[C@@](CCN3CCOCC3)(O1)[C@H]1C(=O)N(c3ccc(C#N)c(C(F)(F)F)c3)C(=O)[C@H]12.O=C(O)C(F)(F)F. The summed E-state index contributed by atoms with van der Waals surface area (Å²) < 4.78 is 84.0. The summed E-state index contributed by atoms with van der Waals surface area (Å²) in [5.41, 5.74) is -3.50. The molecule has 40 heavy (non-hydrogen) atoms. The second-order valence-corrected chi connectivity index (χ2v) is 10.3. The van der Waals surface area contributed by atoms with Crippen LogP contribution in [0.3, 0.4) is 0 Å². The van der Waals surface area contributed by atoms with Gasteiger partial charge in [0, 0.05) is 19.6 Å². The number of carbonyl (C=O) groups is 3. The third-order valence-electron chi connectivity index (χ3n) is 7.90. The number of benzene rings is 1. The van der Waals surface area contributed by atoms with E-state index in [1.165, 1.54) is 12.1 Å². The Labute approximate surface area is 224 Å². The van der Waals surface area contributed by atoms with Gasteiger partial charge >= 0.3 is 18.3 Å². The molecule has 5 rings (SSSR count). The number of anilines is 1. The first kappa shape index (κ1) is 29.8. The molecule has 2 amide bonds. The Morgan fingerprint density at radius 3 is 2.25 bits per heavy atom. The average molecular weight is 577 g/mol. The van der Waals surface area contributed by atoms with E-state index in [2.05, 4.69) is 4.90 Å². The minimum absolute atomic E-state index is 0.156. The molecule has 0 spiro atoms. The zero-order valence-electron chi connectivity index (χ0n) is 21.1. The number of imide groups is 1. The molecule has 218 valence electrons. The van der Waals surface area contributed by atoms with Gasteiger partial charge in [0.1, 0.15) is 0 Å². The number of carboxylic acid groups (broad SMARTS) is 1. The van der Waals surface area contributed by atoms with Crippen molar-refractivity contribution in [1.29, 1.82) is 5.26 Å². The molecule has 1 aromatic carbocycles. The number of halogens is 6. The zero-order valence-corrected chi connectivity index (χ0v) is 21.1. The Morgan fingerprint density at radius 2 is 1.70 bits per heavy atom. The summed E-state index contributed by atoms with van der Waals surface area (Å²) in [5, 5.41) is 16.2. The van der Waals surface area contributed by atoms with Gasteiger partial charge in [-0.2, -0.15) is 31.6 Å². The van der Waals surface area contributed by atoms with Gasteiger partial charge in [-0.3, -0.25) is 14.5 Å². The van der Waals surface area contributed by atoms with Crippen molar-refractivity contribution in [2.24, 2.45) is 11.8 Å². The predicted molar refractivity (Wildman–Crippen MR) is 123 cm³/mol. The fraction of sp³-hybridized carbons (Fsp3) is 0.600. The number of hydrogen-bond donors (Lipinski definition) is 1. The fourth-order valence-electron chi connectivity index (χ4n) is 6.04. The van der Waals surface area contributed by atoms with E-state index in [9.17, 15) is 35.9 Å². The molecule has 1 aromatic rings. The Hall–Kier alpha value is -3.22. The van der Waals surface area contributed by atoms with Crippen LogP contribution in [0.25, 0.3) is 0 Å². The number of nitriles is 1. The number of fused-ring (bicyclic) bond motifs is 5. The van der Waals surface area contributed by atoms with Crippen LogP contribution in [0.2, 0.25) is 0 Å². The quantitative estimate of drug-likeness (QED) is 0.428. The molecule has 4 fully saturated rings. The minimum atomic E-state index is -5.08. The van der Waals surface area contributed by atoms with Crippen molar-refractivity contribution in [3.8, 4) is 6.07 Å². The van der Waals surface area contributed by atoms with Crippen LogP contribution in [0.5, 0.6) is 0 Å². The molecule has 9 nitrogen and oxygen atoms in total. The van der Waals surface area contributed by atoms with Gasteiger partial charge in [0.15, 0.2) is 0 Å². The Kier molecular flexibility index (Phi) is 7.67. The summed E-state index contributed by atoms with van der Waals surface area (Å²) in [6.45, 7) is 5.37. The van der Waals surface area contributed by atoms with Gasteiger partial charge in [-0.15, -0.1) is 0 Å². The number of alkyl halides is 6. The highest BCUT2D eigenvalue weighted by Gasteiger charge is 2.73. The van der Waals surface area contributed by atoms with E-state index in [-0.39, 0.29) is 5.69 Å². The second-order valence-electron chi connectivity index (χ2n) is 10.3. The molecule has 0 unspecified atom stereocenters. The van der Waals surface area contributed by atoms with E-state index in [1.807, 2.05) is 6.92 Å². The fourth-order valence-corrected chi connectivity index (χ4v) is 6.04. The van der Waals surface area contributed by atoms with Crippen LogP contribution < -0.4 is 4.90 Å². The van der Waals surface area contributed by atoms with Gasteiger partial charge in [0.2, 0.25) is 11.8 Å². The van der Waals surface area contributed by atoms with E-state index < -0.39 is 64.3 Å². The Bertz CT molecular complexity index is 1240. The molecular formula is C25H25F6N3O6. The van der Waals surface area contributed by atoms with Crippen molar-refractivity contribution in [1.82, 2.24) is 4.90 Å². The lowest BCUT2D eigenvalue weighted by atomic mass is 9.67. The topological polar surface area (TPSA) is 120 Å². The minimum Gasteiger partial charge on any atom is -0.475 e. The smallest absolute Gasteiger partial charge is 0.475 e. The normalized spacial score (nSPS) is 30.1. The summed E-state index contributed by atoms with van der Waals surface area (Å²) in [4.78, 5) is 39.0. The van der Waals surface area contributed by atoms with Crippen LogP contribution in [0.1, 0.15) is 37.3 Å². The summed E-state index contributed by atoms with van der Waals surface area (Å²) in [6, 6.07) is 4.49. The van der Waals surface area contributed by atoms with Crippen molar-refractivity contribution in [3.05, 3.63) is 29.3 Å². The van der Waals surface area contributed by atoms with Gasteiger partial charge in [-0.05, 0) is 44.4 Å². The maximum absolute atomic E-state index is 13.5. The number of ether oxygens (including phenoxy) is 2. The monoisotopic (exact) mass is 577 g/mol. The average Bonchev–Trinajstić information content (AvgIpc) is 3.47. The summed E-state index contributed by atoms with van der Waals surface area (Å²) in [5.74, 6) is -5.26. The number of nitrogens with zero attached hydrogens (tertiary/aromatic N) is 3. The Balaban J connectivity index is 0.000000470. The number of amides is 2. The maximum atomic E-state index is 13.5. The zero-order chi connectivity index (χ0) is 29.7. The first-order valence-corrected chi connectivity index (χ1v) is 12.3. The summed E-state index contributed by atoms with van der Waals surface area (Å²) in [6.07, 6.45) is -8.05. The Morgan fingerprint density at radius 1 is 1.10 bits per heavy atom. The van der Waals surface area contributed by atoms with Crippen LogP contribution in [-0.2, 0) is 30.0 Å². The van der Waals surface area contributed by atoms with Crippen LogP contribution in [-0.4, -0.2) is 78.0 Å². The number of aliphatic carboxylic acids is 1. The predicted octanol–water partition coefficient (Wildman–Crippen LogP) is 3.36. The highest BCUT2D eigenvalue weighted by Crippen LogP contribution is 2.62. The van der Waals surface area contributed by atoms with Crippen LogP contribution in [0, 0.1) is 23.2 Å². The van der Waals surface area contributed by atoms with Gasteiger partial charge in [-0.1, -0.05) is 0 Å². The lowest BCUT2D eigenvalue weighted by Crippen LogP contribution is -2.46. The number of carbonyl (C=O) groups excluding carboxylic acids is 2. The van der Waals surface area contributed by atoms with E-state index in [4.69, 9.17) is 24.6 Å². The molecule has 4 aliphatic heterocycles. The van der Waals surface area contributed by atoms with Crippen molar-refractivity contribution < 1.29 is 55.3 Å². The van der Waals surface area contributed by atoms with E-state index in [0.29, 0.717) is 39.0 Å². The van der Waals surface area contributed by atoms with Crippen LogP contribution >= 0.6 is 0 Å². The molecule has 15 heteroatoms. The number of morpholine rings is 1. The molecule has 4 atom stereocenters. The second kappa shape index (κ2) is 10.3. The molecule has 0 aromatic heterocycles. The number of rotatable bonds is 4. The molecule has 2 bridgehead atoms. The van der Waals surface area contributed by atoms with Gasteiger partial charge in [-0.25, -0.2) is 9.69 Å². The summed E-state index contributed by atoms with van der Waals surface area (Å²) >= 11 is 0. The van der Waals surface area contributed by atoms with Crippen molar-refractivity contribution in [2.45, 2.75) is 49.7 Å². The van der Waals surface area contributed by atoms with E-state index in [1.54, 1.807) is 0 Å². The number of hydrogen-bond acceptors (Lipinski definition) is 7. The largest absolute Gasteiger partial charge is 0.490 e. The third kappa shape index (κ3) is 5.27. The molecule has 0 aliphatic carbocycles. The van der Waals surface area contributed by atoms with Gasteiger partial charge in [0.05, 0.1) is 59.1 Å². The molecule has 1 N–H and O–H groups in total. The van der Waals surface area contributed by atoms with Gasteiger partial charge in [0.25, 0.3) is 0 Å². The highest BCUT2D eigenvalue weighted by atomic mass is 19.4. The van der Waals surface area contributed by atoms with E-state index in [0.717, 1.165) is 30.1 Å². The van der Waals surface area contributed by atoms with Gasteiger partial charge < -0.3 is 14.6 Å². The molecule has 0 saturated carbocycles. The first-order chi connectivity index (χ1) is 18.5. The summed E-state index contributed by atoms with van der Waals surface area (Å²) in [7, 11) is 0. The standard InChI is InChI=1S/C23H24F3N3O4.C2HF3O2/c1-21-4-5-22(33-21,6-7-28-8-10-32-11-9-28)18-17(21)19(30)29(20(18)31)15-3-2-14(13-27)16(12-15)23(24,25)26;3-2(4,5)1(6)7/h2-3,12,17-18H,4-11H2,1H3;(H,6,7)/t17-,18+,21-,22-;/m0./s1. The highest BCUT2D eigenvalue weighted by molar-refractivity contribution is 6.23. The van der Waals surface area contributed by atoms with Crippen molar-refractivity contribution >= 4 is 23.5 Å². The van der Waals surface area contributed by atoms with E-state index >= 15 is 0 Å². The maximum Gasteiger partial charge on any atom is 0.490 e. The first-order valence-electron chi connectivity index (χ1n) is 12.3. The molecule has 4 heterocycles. The number of carboxylic acids is 1. The molecule has 4 aliphatic rings. The molecule has 0 radical (unpaired) electrons. The third-order valence-corrected chi connectivity index (χ3v) is 7.90. The molecule has 4 saturated heterocycles. The lowest BCUT2D eigenvalue weighted by molar-refractivity contribution is -0.192.